The Bertz CT molecular complexity index is 525. The summed E-state index contributed by atoms with van der Waals surface area (Å²) >= 11 is 0. The number of amidine groups is 1. The average molecular weight is 241 g/mol. The van der Waals surface area contributed by atoms with Crippen LogP contribution in [0, 0.1) is 0 Å². The predicted octanol–water partition coefficient (Wildman–Crippen LogP) is 0.132. The van der Waals surface area contributed by atoms with E-state index in [1.807, 2.05) is 0 Å². The third-order valence-corrected chi connectivity index (χ3v) is 3.28. The summed E-state index contributed by atoms with van der Waals surface area (Å²) < 4.78 is 32.0. The molecule has 0 atom stereocenters. The number of fused-ring (bicyclic) bond motifs is 1. The molecule has 7 heteroatoms. The average Bonchev–Trinajstić information content (AvgIpc) is 2.25. The minimum atomic E-state index is -3.66. The van der Waals surface area contributed by atoms with Gasteiger partial charge in [0, 0.05) is 6.54 Å². The van der Waals surface area contributed by atoms with Gasteiger partial charge >= 0.3 is 6.02 Å². The Hall–Kier alpha value is -1.60. The lowest BCUT2D eigenvalue weighted by atomic mass is 10.3. The largest absolute Gasteiger partial charge is 0.463 e. The molecule has 0 saturated carbocycles. The van der Waals surface area contributed by atoms with Crippen molar-refractivity contribution in [3.63, 3.8) is 0 Å². The normalized spacial score (nSPS) is 16.9. The molecule has 16 heavy (non-hydrogen) atoms. The van der Waals surface area contributed by atoms with Gasteiger partial charge in [0.25, 0.3) is 10.0 Å². The second kappa shape index (κ2) is 4.11. The highest BCUT2D eigenvalue weighted by atomic mass is 32.2. The Morgan fingerprint density at radius 1 is 1.38 bits per heavy atom. The first-order valence-electron chi connectivity index (χ1n) is 4.67. The topological polar surface area (TPSA) is 93.8 Å². The smallest absolute Gasteiger partial charge is 0.305 e. The molecule has 0 fully saturated rings. The summed E-state index contributed by atoms with van der Waals surface area (Å²) in [7, 11) is -3.66. The first-order chi connectivity index (χ1) is 7.63. The molecule has 0 amide bonds. The molecule has 86 valence electrons. The van der Waals surface area contributed by atoms with Gasteiger partial charge in [-0.15, -0.1) is 4.40 Å². The molecule has 0 unspecified atom stereocenters. The van der Waals surface area contributed by atoms with E-state index in [2.05, 4.69) is 9.71 Å². The SMILES string of the molecule is NCCOC1=NS(=O)(=O)c2ccccc2N1. The molecular weight excluding hydrogens is 230 g/mol. The van der Waals surface area contributed by atoms with Crippen molar-refractivity contribution in [2.45, 2.75) is 4.90 Å². The number of nitrogens with zero attached hydrogens (tertiary/aromatic N) is 1. The summed E-state index contributed by atoms with van der Waals surface area (Å²) in [6.45, 7) is 0.506. The summed E-state index contributed by atoms with van der Waals surface area (Å²) in [5.74, 6) is 0. The van der Waals surface area contributed by atoms with Crippen LogP contribution in [0.3, 0.4) is 0 Å². The second-order valence-corrected chi connectivity index (χ2v) is 4.70. The Labute approximate surface area is 93.2 Å². The molecule has 1 aliphatic heterocycles. The van der Waals surface area contributed by atoms with Crippen LogP contribution in [0.25, 0.3) is 0 Å². The molecule has 0 saturated heterocycles. The maximum Gasteiger partial charge on any atom is 0.305 e. The number of nitrogens with one attached hydrogen (secondary N) is 1. The highest BCUT2D eigenvalue weighted by Gasteiger charge is 2.24. The van der Waals surface area contributed by atoms with Crippen LogP contribution in [0.1, 0.15) is 0 Å². The molecule has 1 aromatic carbocycles. The van der Waals surface area contributed by atoms with Crippen LogP contribution in [-0.4, -0.2) is 27.6 Å². The number of ether oxygens (including phenoxy) is 1. The quantitative estimate of drug-likeness (QED) is 0.767. The highest BCUT2D eigenvalue weighted by molar-refractivity contribution is 7.90. The fourth-order valence-electron chi connectivity index (χ4n) is 1.31. The molecule has 0 aromatic heterocycles. The zero-order valence-corrected chi connectivity index (χ0v) is 9.20. The molecule has 0 radical (unpaired) electrons. The van der Waals surface area contributed by atoms with E-state index in [1.54, 1.807) is 18.2 Å². The fourth-order valence-corrected chi connectivity index (χ4v) is 2.37. The van der Waals surface area contributed by atoms with Gasteiger partial charge in [-0.2, -0.15) is 8.42 Å². The molecular formula is C9H11N3O3S. The van der Waals surface area contributed by atoms with E-state index in [4.69, 9.17) is 10.5 Å². The van der Waals surface area contributed by atoms with Crippen molar-refractivity contribution >= 4 is 21.7 Å². The number of anilines is 1. The number of benzene rings is 1. The molecule has 0 bridgehead atoms. The number of hydrogen-bond donors (Lipinski definition) is 2. The molecule has 0 aliphatic carbocycles. The maximum atomic E-state index is 11.7. The van der Waals surface area contributed by atoms with E-state index in [0.717, 1.165) is 0 Å². The maximum absolute atomic E-state index is 11.7. The lowest BCUT2D eigenvalue weighted by molar-refractivity contribution is 0.315. The minimum absolute atomic E-state index is 0.0378. The van der Waals surface area contributed by atoms with Crippen molar-refractivity contribution in [3.05, 3.63) is 24.3 Å². The van der Waals surface area contributed by atoms with Crippen LogP contribution >= 0.6 is 0 Å². The van der Waals surface area contributed by atoms with Crippen molar-refractivity contribution < 1.29 is 13.2 Å². The Balaban J connectivity index is 2.36. The monoisotopic (exact) mass is 241 g/mol. The third-order valence-electron chi connectivity index (χ3n) is 1.97. The highest BCUT2D eigenvalue weighted by Crippen LogP contribution is 2.26. The van der Waals surface area contributed by atoms with Gasteiger partial charge in [-0.05, 0) is 12.1 Å². The second-order valence-electron chi connectivity index (χ2n) is 3.13. The number of hydrogen-bond acceptors (Lipinski definition) is 5. The molecule has 1 heterocycles. The molecule has 6 nitrogen and oxygen atoms in total. The van der Waals surface area contributed by atoms with E-state index in [9.17, 15) is 8.42 Å². The van der Waals surface area contributed by atoms with Crippen molar-refractivity contribution in [2.24, 2.45) is 10.1 Å². The van der Waals surface area contributed by atoms with Crippen LogP contribution in [0.2, 0.25) is 0 Å². The standard InChI is InChI=1S/C9H11N3O3S/c10-5-6-15-9-11-7-3-1-2-4-8(7)16(13,14)12-9/h1-4H,5-6,10H2,(H,11,12). The van der Waals surface area contributed by atoms with E-state index in [0.29, 0.717) is 12.2 Å². The molecule has 1 aromatic rings. The van der Waals surface area contributed by atoms with Gasteiger partial charge in [0.15, 0.2) is 0 Å². The van der Waals surface area contributed by atoms with Gasteiger partial charge in [0.05, 0.1) is 5.69 Å². The first-order valence-corrected chi connectivity index (χ1v) is 6.11. The molecule has 1 aliphatic rings. The lowest BCUT2D eigenvalue weighted by Gasteiger charge is -2.17. The van der Waals surface area contributed by atoms with Crippen LogP contribution in [-0.2, 0) is 14.8 Å². The van der Waals surface area contributed by atoms with E-state index >= 15 is 0 Å². The van der Waals surface area contributed by atoms with Crippen molar-refractivity contribution in [1.82, 2.24) is 0 Å². The van der Waals surface area contributed by atoms with E-state index < -0.39 is 10.0 Å². The summed E-state index contributed by atoms with van der Waals surface area (Å²) in [6.07, 6.45) is 0. The molecule has 0 spiro atoms. The Morgan fingerprint density at radius 3 is 2.88 bits per heavy atom. The minimum Gasteiger partial charge on any atom is -0.463 e. The van der Waals surface area contributed by atoms with Gasteiger partial charge in [0.2, 0.25) is 0 Å². The third kappa shape index (κ3) is 2.00. The van der Waals surface area contributed by atoms with Gasteiger partial charge in [0.1, 0.15) is 11.5 Å². The van der Waals surface area contributed by atoms with Crippen molar-refractivity contribution in [2.75, 3.05) is 18.5 Å². The summed E-state index contributed by atoms with van der Waals surface area (Å²) in [5.41, 5.74) is 5.71. The zero-order valence-electron chi connectivity index (χ0n) is 8.38. The van der Waals surface area contributed by atoms with Crippen LogP contribution < -0.4 is 11.1 Å². The van der Waals surface area contributed by atoms with Gasteiger partial charge < -0.3 is 15.8 Å². The van der Waals surface area contributed by atoms with Crippen LogP contribution in [0.5, 0.6) is 0 Å². The van der Waals surface area contributed by atoms with E-state index in [-0.39, 0.29) is 17.5 Å². The fraction of sp³-hybridized carbons (Fsp3) is 0.222. The Morgan fingerprint density at radius 2 is 2.12 bits per heavy atom. The van der Waals surface area contributed by atoms with Crippen molar-refractivity contribution in [1.29, 1.82) is 0 Å². The van der Waals surface area contributed by atoms with Crippen LogP contribution in [0.4, 0.5) is 5.69 Å². The number of rotatable bonds is 2. The first kappa shape index (κ1) is 10.9. The lowest BCUT2D eigenvalue weighted by Crippen LogP contribution is -2.26. The number of para-hydroxylation sites is 1. The van der Waals surface area contributed by atoms with Crippen molar-refractivity contribution in [3.8, 4) is 0 Å². The molecule has 3 N–H and O–H groups in total. The number of sulfonamides is 1. The zero-order chi connectivity index (χ0) is 11.6. The summed E-state index contributed by atoms with van der Waals surface area (Å²) in [4.78, 5) is 0.148. The Kier molecular flexibility index (Phi) is 2.80. The van der Waals surface area contributed by atoms with Crippen LogP contribution in [0.15, 0.2) is 33.6 Å². The van der Waals surface area contributed by atoms with E-state index in [1.165, 1.54) is 6.07 Å². The van der Waals surface area contributed by atoms with Gasteiger partial charge in [-0.3, -0.25) is 0 Å². The summed E-state index contributed by atoms with van der Waals surface area (Å²) in [5, 5.41) is 2.78. The predicted molar refractivity (Wildman–Crippen MR) is 59.7 cm³/mol. The summed E-state index contributed by atoms with van der Waals surface area (Å²) in [6, 6.07) is 6.46. The van der Waals surface area contributed by atoms with Gasteiger partial charge in [-0.25, -0.2) is 0 Å². The molecule has 2 rings (SSSR count). The number of nitrogens with two attached hydrogens (primary N) is 1. The van der Waals surface area contributed by atoms with Gasteiger partial charge in [-0.1, -0.05) is 12.1 Å².